The van der Waals surface area contributed by atoms with Gasteiger partial charge in [0.05, 0.1) is 60.4 Å². The third-order valence-corrected chi connectivity index (χ3v) is 24.0. The van der Waals surface area contributed by atoms with Gasteiger partial charge in [-0.3, -0.25) is 9.78 Å². The fourth-order valence-electron chi connectivity index (χ4n) is 11.3. The van der Waals surface area contributed by atoms with Crippen molar-refractivity contribution in [1.82, 2.24) is 69.7 Å². The van der Waals surface area contributed by atoms with Crippen LogP contribution in [0.3, 0.4) is 0 Å². The lowest BCUT2D eigenvalue weighted by atomic mass is 9.98. The summed E-state index contributed by atoms with van der Waals surface area (Å²) in [6.07, 6.45) is 42.8. The van der Waals surface area contributed by atoms with E-state index in [0.717, 1.165) is 199 Å². The molecule has 1 amide bonds. The molecule has 1 saturated heterocycles. The Morgan fingerprint density at radius 2 is 0.953 bits per heavy atom. The summed E-state index contributed by atoms with van der Waals surface area (Å²) < 4.78 is 35.2. The van der Waals surface area contributed by atoms with Crippen LogP contribution in [0.4, 0.5) is 0 Å². The number of carbonyl (C=O) groups is 2. The highest BCUT2D eigenvalue weighted by molar-refractivity contribution is 7.99. The number of ether oxygens (including phenoxy) is 1. The number of hydrogen-bond donors (Lipinski definition) is 2. The van der Waals surface area contributed by atoms with Crippen LogP contribution in [0, 0.1) is 23.7 Å². The quantitative estimate of drug-likeness (QED) is 0.0301. The van der Waals surface area contributed by atoms with Crippen LogP contribution in [0.5, 0.6) is 0 Å². The van der Waals surface area contributed by atoms with E-state index in [0.29, 0.717) is 55.2 Å². The lowest BCUT2D eigenvalue weighted by Crippen LogP contribution is -2.40. The minimum absolute atomic E-state index is 0.0511. The van der Waals surface area contributed by atoms with E-state index in [1.165, 1.54) is 30.7 Å². The van der Waals surface area contributed by atoms with Gasteiger partial charge in [-0.2, -0.15) is 0 Å². The summed E-state index contributed by atoms with van der Waals surface area (Å²) in [7, 11) is -2.35. The standard InChI is InChI=1S/C24H30N4O2S2.C18H22N4O2S3.C18H21N3OS.C17H22N4O2S/c1-16(3-7-22-25-14-19(31-2)15-26-22)4-8-23-27-20-6-5-17(13-21(20)32-23)24(30)28-11-9-18(29)10-12-28;1-12(3-7-17-20-10-13(25-2)11-21-17)4-8-18-22-15-6-5-14(27(19,23)24)9-16(15)26-18;1-13(7-9-17-19-11-14(23-2)12-20-17)8-10-18-21-15-5-3-4-6-16(15)22-18;1-12(5-7-16-20-9-14(24-3)10-21-16)4-6-13-8-19-15(11-18-13)17(22)23-2/h5-6,13-16,18,29H,3-4,7-12H2,1-2H3;5-6,9-12H,3-4,7-8H2,1-2H3,(H2,19,23,24);3-6,11-13H,7-10H2,1-2H3;8-12H,4-7H2,1-3H3/t16-;12-;13-;/m000./s1. The molecule has 1 unspecified atom stereocenters. The van der Waals surface area contributed by atoms with Crippen molar-refractivity contribution >= 4 is 123 Å². The average Bonchev–Trinajstić information content (AvgIpc) is 1.68. The Morgan fingerprint density at radius 1 is 0.528 bits per heavy atom. The van der Waals surface area contributed by atoms with Gasteiger partial charge in [0, 0.05) is 126 Å². The average molecular weight is 1570 g/mol. The van der Waals surface area contributed by atoms with E-state index in [-0.39, 0.29) is 22.6 Å². The second kappa shape index (κ2) is 42.3. The van der Waals surface area contributed by atoms with E-state index in [1.54, 1.807) is 76.7 Å². The number of sulfonamides is 1. The Bertz CT molecular complexity index is 4590. The number of aryl methyl sites for hydroxylation is 8. The minimum atomic E-state index is -3.68. The van der Waals surface area contributed by atoms with Gasteiger partial charge in [0.25, 0.3) is 5.91 Å². The molecule has 0 bridgehead atoms. The molecule has 22 nitrogen and oxygen atoms in total. The number of aromatic nitrogens is 13. The van der Waals surface area contributed by atoms with Crippen molar-refractivity contribution in [2.75, 3.05) is 45.2 Å². The number of thioether (sulfide) groups is 4. The molecule has 0 aliphatic carbocycles. The number of methoxy groups -OCH3 is 1. The predicted molar refractivity (Wildman–Crippen MR) is 428 cm³/mol. The Morgan fingerprint density at radius 3 is 1.38 bits per heavy atom. The van der Waals surface area contributed by atoms with Gasteiger partial charge in [-0.15, -0.1) is 69.7 Å². The number of hydrogen-bond acceptors (Lipinski definition) is 26. The molecule has 12 rings (SSSR count). The molecule has 562 valence electrons. The zero-order valence-electron chi connectivity index (χ0n) is 61.7. The number of rotatable bonds is 31. The second-order valence-corrected chi connectivity index (χ2v) is 33.8. The van der Waals surface area contributed by atoms with E-state index in [9.17, 15) is 23.1 Å². The first-order valence-corrected chi connectivity index (χ1v) is 43.7. The summed E-state index contributed by atoms with van der Waals surface area (Å²) >= 11 is 9.83. The number of amides is 1. The van der Waals surface area contributed by atoms with Crippen LogP contribution in [0.2, 0.25) is 0 Å². The number of aliphatic hydroxyl groups excluding tert-OH is 1. The first-order valence-electron chi connectivity index (χ1n) is 35.7. The Kier molecular flexibility index (Phi) is 33.0. The van der Waals surface area contributed by atoms with Crippen molar-refractivity contribution in [2.24, 2.45) is 28.8 Å². The fraction of sp³-hybridized carbons (Fsp3) is 0.442. The summed E-state index contributed by atoms with van der Waals surface area (Å²) in [4.78, 5) is 88.0. The maximum atomic E-state index is 12.8. The number of nitrogens with zero attached hydrogens (tertiary/aromatic N) is 14. The molecular weight excluding hydrogens is 1470 g/mol. The number of aliphatic hydroxyl groups is 1. The number of oxazole rings is 1. The van der Waals surface area contributed by atoms with Gasteiger partial charge in [-0.25, -0.2) is 78.2 Å². The molecule has 0 spiro atoms. The number of nitrogens with two attached hydrogens (primary N) is 1. The SMILES string of the molecule is COC(=O)c1cnc(CCC(C)CCc2ncc(SC)cn2)cn1.CSc1cnc(CC[C@H](C)CCc2nc3ccc(C(=O)N4CCC(O)CC4)cc3s2)nc1.CSc1cnc(CC[C@H](C)CCc2nc3ccc(S(N)(=O)=O)cc3s2)nc1.CSc1cnc(CC[C@H](C)CCc2nc3ccccc3o2)nc1. The van der Waals surface area contributed by atoms with Crippen molar-refractivity contribution in [1.29, 1.82) is 0 Å². The summed E-state index contributed by atoms with van der Waals surface area (Å²) in [6.45, 7) is 10.2. The number of esters is 1. The van der Waals surface area contributed by atoms with E-state index in [4.69, 9.17) is 14.5 Å². The molecule has 0 radical (unpaired) electrons. The van der Waals surface area contributed by atoms with Crippen molar-refractivity contribution in [3.63, 3.8) is 0 Å². The summed E-state index contributed by atoms with van der Waals surface area (Å²) in [6, 6.07) is 18.5. The maximum Gasteiger partial charge on any atom is 0.358 e. The number of likely N-dealkylation sites (tertiary alicyclic amines) is 1. The van der Waals surface area contributed by atoms with Crippen LogP contribution in [0.15, 0.2) is 152 Å². The van der Waals surface area contributed by atoms with Gasteiger partial charge < -0.3 is 19.2 Å². The molecule has 1 aliphatic rings. The summed E-state index contributed by atoms with van der Waals surface area (Å²) in [5, 5.41) is 17.0. The Labute approximate surface area is 647 Å². The minimum Gasteiger partial charge on any atom is -0.464 e. The van der Waals surface area contributed by atoms with Gasteiger partial charge in [0.2, 0.25) is 10.0 Å². The van der Waals surface area contributed by atoms with Gasteiger partial charge in [-0.1, -0.05) is 39.8 Å². The predicted octanol–water partition coefficient (Wildman–Crippen LogP) is 15.8. The molecule has 9 heterocycles. The van der Waals surface area contributed by atoms with Crippen molar-refractivity contribution in [3.05, 3.63) is 179 Å². The lowest BCUT2D eigenvalue weighted by Gasteiger charge is -2.29. The summed E-state index contributed by atoms with van der Waals surface area (Å²) in [5.74, 6) is 6.26. The maximum absolute atomic E-state index is 12.8. The van der Waals surface area contributed by atoms with Crippen LogP contribution in [-0.2, 0) is 66.1 Å². The Balaban J connectivity index is 0.000000165. The zero-order valence-corrected chi connectivity index (χ0v) is 67.4. The van der Waals surface area contributed by atoms with Crippen LogP contribution in [-0.4, -0.2) is 146 Å². The van der Waals surface area contributed by atoms with Gasteiger partial charge >= 0.3 is 5.97 Å². The van der Waals surface area contributed by atoms with Gasteiger partial charge in [-0.05, 0) is 181 Å². The largest absolute Gasteiger partial charge is 0.464 e. The van der Waals surface area contributed by atoms with E-state index < -0.39 is 16.0 Å². The number of carbonyl (C=O) groups excluding carboxylic acids is 2. The first-order chi connectivity index (χ1) is 51.2. The van der Waals surface area contributed by atoms with E-state index >= 15 is 0 Å². The molecule has 3 aromatic carbocycles. The number of fused-ring (bicyclic) bond motifs is 3. The van der Waals surface area contributed by atoms with Crippen LogP contribution < -0.4 is 5.14 Å². The van der Waals surface area contributed by atoms with E-state index in [1.807, 2.05) is 122 Å². The van der Waals surface area contributed by atoms with Gasteiger partial charge in [0.15, 0.2) is 17.2 Å². The molecule has 3 N–H and O–H groups in total. The molecule has 0 saturated carbocycles. The van der Waals surface area contributed by atoms with E-state index in [2.05, 4.69) is 92.2 Å². The van der Waals surface area contributed by atoms with Crippen LogP contribution >= 0.6 is 69.7 Å². The highest BCUT2D eigenvalue weighted by Gasteiger charge is 2.24. The molecule has 106 heavy (non-hydrogen) atoms. The monoisotopic (exact) mass is 1570 g/mol. The summed E-state index contributed by atoms with van der Waals surface area (Å²) in [5.41, 5.74) is 5.43. The zero-order chi connectivity index (χ0) is 75.4. The van der Waals surface area contributed by atoms with Crippen LogP contribution in [0.25, 0.3) is 31.5 Å². The van der Waals surface area contributed by atoms with Crippen molar-refractivity contribution in [3.8, 4) is 0 Å². The molecule has 11 aromatic rings. The Hall–Kier alpha value is -7.48. The third kappa shape index (κ3) is 26.7. The molecule has 8 aromatic heterocycles. The third-order valence-electron chi connectivity index (χ3n) is 18.2. The number of primary sulfonamides is 1. The fourth-order valence-corrected chi connectivity index (χ4v) is 15.2. The molecule has 29 heteroatoms. The highest BCUT2D eigenvalue weighted by Crippen LogP contribution is 2.30. The number of para-hydroxylation sites is 2. The first kappa shape index (κ1) is 82.6. The normalized spacial score (nSPS) is 13.6. The smallest absolute Gasteiger partial charge is 0.358 e. The number of thiazole rings is 2. The molecule has 1 fully saturated rings. The number of benzene rings is 3. The topological polar surface area (TPSA) is 308 Å². The highest BCUT2D eigenvalue weighted by atomic mass is 32.2. The van der Waals surface area contributed by atoms with Crippen molar-refractivity contribution < 1.29 is 32.3 Å². The lowest BCUT2D eigenvalue weighted by molar-refractivity contribution is 0.0545. The van der Waals surface area contributed by atoms with Crippen LogP contribution in [0.1, 0.15) is 158 Å². The number of piperidine rings is 1. The van der Waals surface area contributed by atoms with Crippen molar-refractivity contribution in [2.45, 2.75) is 174 Å². The molecular formula is C77H95N15O7S7. The molecule has 4 atom stereocenters. The second-order valence-electron chi connectivity index (χ2n) is 26.4. The van der Waals surface area contributed by atoms with Gasteiger partial charge in [0.1, 0.15) is 28.8 Å². The molecule has 1 aliphatic heterocycles.